The van der Waals surface area contributed by atoms with Crippen LogP contribution in [0.2, 0.25) is 0 Å². The number of ether oxygens (including phenoxy) is 2. The molecular weight excluding hydrogens is 326 g/mol. The van der Waals surface area contributed by atoms with E-state index in [1.807, 2.05) is 18.3 Å². The van der Waals surface area contributed by atoms with Gasteiger partial charge in [-0.25, -0.2) is 0 Å². The maximum absolute atomic E-state index is 5.91. The molecule has 2 heterocycles. The lowest BCUT2D eigenvalue weighted by Gasteiger charge is -2.20. The van der Waals surface area contributed by atoms with Gasteiger partial charge in [-0.05, 0) is 63.1 Å². The molecule has 26 heavy (non-hydrogen) atoms. The van der Waals surface area contributed by atoms with Crippen molar-refractivity contribution in [2.24, 2.45) is 0 Å². The van der Waals surface area contributed by atoms with Gasteiger partial charge >= 0.3 is 0 Å². The molecule has 1 N–H and O–H groups in total. The molecule has 1 aromatic heterocycles. The minimum absolute atomic E-state index is 0.195. The van der Waals surface area contributed by atoms with Crippen molar-refractivity contribution in [1.82, 2.24) is 9.78 Å². The van der Waals surface area contributed by atoms with Crippen LogP contribution in [-0.2, 0) is 0 Å². The van der Waals surface area contributed by atoms with Gasteiger partial charge in [-0.1, -0.05) is 0 Å². The Morgan fingerprint density at radius 1 is 1.23 bits per heavy atom. The van der Waals surface area contributed by atoms with Crippen LogP contribution in [0.4, 0.5) is 5.69 Å². The maximum Gasteiger partial charge on any atom is 0.124 e. The van der Waals surface area contributed by atoms with Crippen molar-refractivity contribution in [2.75, 3.05) is 19.0 Å². The van der Waals surface area contributed by atoms with Crippen molar-refractivity contribution in [1.29, 1.82) is 0 Å². The first-order valence-electron chi connectivity index (χ1n) is 9.20. The minimum Gasteiger partial charge on any atom is -0.497 e. The Balaban J connectivity index is 1.65. The predicted octanol–water partition coefficient (Wildman–Crippen LogP) is 4.95. The summed E-state index contributed by atoms with van der Waals surface area (Å²) in [5, 5.41) is 9.35. The first-order chi connectivity index (χ1) is 12.7. The largest absolute Gasteiger partial charge is 0.497 e. The molecule has 0 amide bonds. The molecule has 0 saturated carbocycles. The first-order valence-corrected chi connectivity index (χ1v) is 9.20. The number of anilines is 1. The monoisotopic (exact) mass is 351 g/mol. The highest BCUT2D eigenvalue weighted by molar-refractivity contribution is 5.82. The van der Waals surface area contributed by atoms with Crippen LogP contribution in [0.25, 0.3) is 10.9 Å². The zero-order chi connectivity index (χ0) is 18.1. The van der Waals surface area contributed by atoms with E-state index in [9.17, 15) is 0 Å². The average Bonchev–Trinajstić information content (AvgIpc) is 2.97. The molecule has 0 radical (unpaired) electrons. The fraction of sp³-hybridized carbons (Fsp3) is 0.381. The summed E-state index contributed by atoms with van der Waals surface area (Å²) in [4.78, 5) is 0. The van der Waals surface area contributed by atoms with E-state index in [2.05, 4.69) is 53.2 Å². The summed E-state index contributed by atoms with van der Waals surface area (Å²) >= 11 is 0. The topological polar surface area (TPSA) is 48.3 Å². The molecule has 1 aliphatic heterocycles. The van der Waals surface area contributed by atoms with Crippen molar-refractivity contribution in [3.63, 3.8) is 0 Å². The van der Waals surface area contributed by atoms with Crippen molar-refractivity contribution in [2.45, 2.75) is 38.8 Å². The second-order valence-corrected chi connectivity index (χ2v) is 7.05. The van der Waals surface area contributed by atoms with Gasteiger partial charge in [-0.15, -0.1) is 0 Å². The third kappa shape index (κ3) is 3.09. The van der Waals surface area contributed by atoms with E-state index in [0.29, 0.717) is 6.04 Å². The third-order valence-electron chi connectivity index (χ3n) is 4.91. The molecule has 136 valence electrons. The van der Waals surface area contributed by atoms with Crippen molar-refractivity contribution < 1.29 is 9.47 Å². The molecule has 0 fully saturated rings. The molecule has 0 spiro atoms. The van der Waals surface area contributed by atoms with Gasteiger partial charge in [0.15, 0.2) is 0 Å². The van der Waals surface area contributed by atoms with Crippen LogP contribution in [0.3, 0.4) is 0 Å². The van der Waals surface area contributed by atoms with E-state index in [1.54, 1.807) is 7.11 Å². The van der Waals surface area contributed by atoms with Crippen LogP contribution in [0.15, 0.2) is 42.6 Å². The van der Waals surface area contributed by atoms with Crippen molar-refractivity contribution in [3.05, 3.63) is 48.2 Å². The van der Waals surface area contributed by atoms with Gasteiger partial charge in [0.1, 0.15) is 11.5 Å². The molecule has 1 aliphatic rings. The van der Waals surface area contributed by atoms with Gasteiger partial charge in [0, 0.05) is 22.7 Å². The Hall–Kier alpha value is -2.69. The summed E-state index contributed by atoms with van der Waals surface area (Å²) in [6, 6.07) is 13.0. The van der Waals surface area contributed by atoms with Crippen LogP contribution in [0.5, 0.6) is 11.5 Å². The van der Waals surface area contributed by atoms with Gasteiger partial charge in [-0.2, -0.15) is 5.10 Å². The van der Waals surface area contributed by atoms with E-state index in [1.165, 1.54) is 0 Å². The average molecular weight is 351 g/mol. The van der Waals surface area contributed by atoms with Gasteiger partial charge in [0.2, 0.25) is 0 Å². The number of fused-ring (bicyclic) bond motifs is 2. The van der Waals surface area contributed by atoms with E-state index in [0.717, 1.165) is 53.1 Å². The lowest BCUT2D eigenvalue weighted by molar-refractivity contribution is 0.316. The van der Waals surface area contributed by atoms with E-state index >= 15 is 0 Å². The SMILES string of the molecule is COc1ccc2c(c1)C(Nc1ccc3c(cnn3C(C)C)c1)CCCO2. The number of rotatable bonds is 4. The van der Waals surface area contributed by atoms with Crippen molar-refractivity contribution in [3.8, 4) is 11.5 Å². The highest BCUT2D eigenvalue weighted by Crippen LogP contribution is 2.36. The number of benzene rings is 2. The number of nitrogens with zero attached hydrogens (tertiary/aromatic N) is 2. The second kappa shape index (κ2) is 6.90. The number of hydrogen-bond donors (Lipinski definition) is 1. The molecular formula is C21H25N3O2. The van der Waals surface area contributed by atoms with Gasteiger partial charge < -0.3 is 14.8 Å². The summed E-state index contributed by atoms with van der Waals surface area (Å²) in [7, 11) is 1.70. The lowest BCUT2D eigenvalue weighted by atomic mass is 10.0. The summed E-state index contributed by atoms with van der Waals surface area (Å²) < 4.78 is 13.4. The Bertz CT molecular complexity index is 917. The molecule has 0 saturated heterocycles. The quantitative estimate of drug-likeness (QED) is 0.722. The third-order valence-corrected chi connectivity index (χ3v) is 4.91. The molecule has 2 aromatic carbocycles. The highest BCUT2D eigenvalue weighted by atomic mass is 16.5. The zero-order valence-electron chi connectivity index (χ0n) is 15.5. The predicted molar refractivity (Wildman–Crippen MR) is 104 cm³/mol. The van der Waals surface area contributed by atoms with Gasteiger partial charge in [0.25, 0.3) is 0 Å². The second-order valence-electron chi connectivity index (χ2n) is 7.05. The van der Waals surface area contributed by atoms with Crippen LogP contribution >= 0.6 is 0 Å². The molecule has 4 rings (SSSR count). The van der Waals surface area contributed by atoms with Crippen LogP contribution < -0.4 is 14.8 Å². The van der Waals surface area contributed by atoms with Gasteiger partial charge in [0.05, 0.1) is 31.5 Å². The molecule has 0 bridgehead atoms. The highest BCUT2D eigenvalue weighted by Gasteiger charge is 2.21. The summed E-state index contributed by atoms with van der Waals surface area (Å²) in [5.41, 5.74) is 3.41. The maximum atomic E-state index is 5.91. The van der Waals surface area contributed by atoms with Gasteiger partial charge in [-0.3, -0.25) is 4.68 Å². The number of nitrogens with one attached hydrogen (secondary N) is 1. The molecule has 5 nitrogen and oxygen atoms in total. The minimum atomic E-state index is 0.195. The standard InChI is InChI=1S/C21H25N3O2/c1-14(2)24-20-8-6-16(11-15(20)13-22-24)23-19-5-4-10-26-21-9-7-17(25-3)12-18(19)21/h6-9,11-14,19,23H,4-5,10H2,1-3H3. The number of methoxy groups -OCH3 is 1. The Morgan fingerprint density at radius 2 is 2.12 bits per heavy atom. The molecule has 5 heteroatoms. The lowest BCUT2D eigenvalue weighted by Crippen LogP contribution is -2.10. The Kier molecular flexibility index (Phi) is 4.45. The van der Waals surface area contributed by atoms with Crippen LogP contribution in [0.1, 0.15) is 44.3 Å². The van der Waals surface area contributed by atoms with E-state index < -0.39 is 0 Å². The zero-order valence-corrected chi connectivity index (χ0v) is 15.5. The number of hydrogen-bond acceptors (Lipinski definition) is 4. The summed E-state index contributed by atoms with van der Waals surface area (Å²) in [5.74, 6) is 1.80. The Labute approximate surface area is 153 Å². The van der Waals surface area contributed by atoms with E-state index in [4.69, 9.17) is 9.47 Å². The van der Waals surface area contributed by atoms with E-state index in [-0.39, 0.29) is 6.04 Å². The molecule has 0 aliphatic carbocycles. The molecule has 3 aromatic rings. The van der Waals surface area contributed by atoms with Crippen LogP contribution in [-0.4, -0.2) is 23.5 Å². The fourth-order valence-electron chi connectivity index (χ4n) is 3.59. The number of aromatic nitrogens is 2. The summed E-state index contributed by atoms with van der Waals surface area (Å²) in [6.45, 7) is 5.04. The summed E-state index contributed by atoms with van der Waals surface area (Å²) in [6.07, 6.45) is 3.97. The van der Waals surface area contributed by atoms with Crippen molar-refractivity contribution >= 4 is 16.6 Å². The Morgan fingerprint density at radius 3 is 2.92 bits per heavy atom. The van der Waals surface area contributed by atoms with Crippen LogP contribution in [0, 0.1) is 0 Å². The molecule has 1 atom stereocenters. The fourth-order valence-corrected chi connectivity index (χ4v) is 3.59. The normalized spacial score (nSPS) is 16.8. The molecule has 1 unspecified atom stereocenters. The smallest absolute Gasteiger partial charge is 0.124 e. The first kappa shape index (κ1) is 16.8.